The number of benzene rings is 1. The third kappa shape index (κ3) is 8.64. The molecule has 2 amide bonds. The molecule has 0 bridgehead atoms. The predicted molar refractivity (Wildman–Crippen MR) is 95.7 cm³/mol. The van der Waals surface area contributed by atoms with E-state index in [1.54, 1.807) is 6.07 Å². The Morgan fingerprint density at radius 3 is 2.62 bits per heavy atom. The summed E-state index contributed by atoms with van der Waals surface area (Å²) in [5.74, 6) is -1.44. The Kier molecular flexibility index (Phi) is 9.85. The highest BCUT2D eigenvalue weighted by atomic mass is 16.5. The SMILES string of the molecule is C/C=C/CCC(=O)NCC(=O)N[C@@H](Cc1ccccc1)C(=O)OCC#N. The highest BCUT2D eigenvalue weighted by Gasteiger charge is 2.22. The fourth-order valence-electron chi connectivity index (χ4n) is 2.14. The smallest absolute Gasteiger partial charge is 0.330 e. The summed E-state index contributed by atoms with van der Waals surface area (Å²) in [4.78, 5) is 35.7. The van der Waals surface area contributed by atoms with Crippen molar-refractivity contribution >= 4 is 17.8 Å². The van der Waals surface area contributed by atoms with Crippen LogP contribution in [0.3, 0.4) is 0 Å². The van der Waals surface area contributed by atoms with E-state index in [9.17, 15) is 14.4 Å². The van der Waals surface area contributed by atoms with Crippen LogP contribution in [0.4, 0.5) is 0 Å². The zero-order valence-electron chi connectivity index (χ0n) is 14.7. The molecule has 7 heteroatoms. The first-order valence-electron chi connectivity index (χ1n) is 8.31. The molecule has 138 valence electrons. The summed E-state index contributed by atoms with van der Waals surface area (Å²) in [5, 5.41) is 13.6. The zero-order chi connectivity index (χ0) is 19.2. The highest BCUT2D eigenvalue weighted by molar-refractivity contribution is 5.88. The molecule has 0 unspecified atom stereocenters. The molecule has 0 aromatic heterocycles. The summed E-state index contributed by atoms with van der Waals surface area (Å²) in [7, 11) is 0. The van der Waals surface area contributed by atoms with Crippen LogP contribution in [-0.4, -0.2) is 37.0 Å². The summed E-state index contributed by atoms with van der Waals surface area (Å²) in [5.41, 5.74) is 0.835. The average Bonchev–Trinajstić information content (AvgIpc) is 2.65. The van der Waals surface area contributed by atoms with Crippen molar-refractivity contribution in [3.8, 4) is 6.07 Å². The summed E-state index contributed by atoms with van der Waals surface area (Å²) in [6.45, 7) is 1.25. The second kappa shape index (κ2) is 12.3. The fraction of sp³-hybridized carbons (Fsp3) is 0.368. The number of nitrogens with one attached hydrogen (secondary N) is 2. The van der Waals surface area contributed by atoms with Crippen LogP contribution in [0.15, 0.2) is 42.5 Å². The van der Waals surface area contributed by atoms with E-state index in [0.717, 1.165) is 5.56 Å². The van der Waals surface area contributed by atoms with Gasteiger partial charge >= 0.3 is 5.97 Å². The normalized spacial score (nSPS) is 11.4. The van der Waals surface area contributed by atoms with Gasteiger partial charge in [0, 0.05) is 12.8 Å². The minimum Gasteiger partial charge on any atom is -0.449 e. The Balaban J connectivity index is 2.57. The van der Waals surface area contributed by atoms with E-state index in [0.29, 0.717) is 6.42 Å². The van der Waals surface area contributed by atoms with Gasteiger partial charge in [-0.25, -0.2) is 4.79 Å². The Morgan fingerprint density at radius 2 is 1.96 bits per heavy atom. The Bertz CT molecular complexity index is 665. The number of carbonyl (C=O) groups excluding carboxylic acids is 3. The molecule has 0 fully saturated rings. The lowest BCUT2D eigenvalue weighted by molar-refractivity contribution is -0.146. The summed E-state index contributed by atoms with van der Waals surface area (Å²) in [6.07, 6.45) is 4.82. The minimum absolute atomic E-state index is 0.228. The molecule has 2 N–H and O–H groups in total. The second-order valence-corrected chi connectivity index (χ2v) is 5.46. The first-order chi connectivity index (χ1) is 12.6. The number of carbonyl (C=O) groups is 3. The lowest BCUT2D eigenvalue weighted by Gasteiger charge is -2.17. The van der Waals surface area contributed by atoms with Crippen molar-refractivity contribution < 1.29 is 19.1 Å². The van der Waals surface area contributed by atoms with E-state index in [1.165, 1.54) is 0 Å². The van der Waals surface area contributed by atoms with Crippen LogP contribution in [0.25, 0.3) is 0 Å². The van der Waals surface area contributed by atoms with Gasteiger partial charge < -0.3 is 15.4 Å². The zero-order valence-corrected chi connectivity index (χ0v) is 14.7. The van der Waals surface area contributed by atoms with Crippen molar-refractivity contribution in [1.29, 1.82) is 5.26 Å². The molecule has 0 saturated carbocycles. The number of hydrogen-bond acceptors (Lipinski definition) is 5. The minimum atomic E-state index is -0.932. The van der Waals surface area contributed by atoms with E-state index in [-0.39, 0.29) is 31.9 Å². The van der Waals surface area contributed by atoms with Crippen LogP contribution in [0, 0.1) is 11.3 Å². The third-order valence-electron chi connectivity index (χ3n) is 3.40. The number of hydrogen-bond donors (Lipinski definition) is 2. The van der Waals surface area contributed by atoms with Crippen molar-refractivity contribution in [2.45, 2.75) is 32.2 Å². The predicted octanol–water partition coefficient (Wildman–Crippen LogP) is 1.25. The Hall–Kier alpha value is -3.14. The van der Waals surface area contributed by atoms with Gasteiger partial charge in [-0.05, 0) is 18.9 Å². The van der Waals surface area contributed by atoms with Gasteiger partial charge in [0.2, 0.25) is 11.8 Å². The number of esters is 1. The molecular weight excluding hydrogens is 334 g/mol. The van der Waals surface area contributed by atoms with Gasteiger partial charge in [0.25, 0.3) is 0 Å². The number of rotatable bonds is 10. The van der Waals surface area contributed by atoms with Gasteiger partial charge in [-0.2, -0.15) is 5.26 Å². The number of allylic oxidation sites excluding steroid dienone is 2. The first kappa shape index (κ1) is 20.9. The molecule has 26 heavy (non-hydrogen) atoms. The maximum atomic E-state index is 12.1. The first-order valence-corrected chi connectivity index (χ1v) is 8.31. The Morgan fingerprint density at radius 1 is 1.23 bits per heavy atom. The van der Waals surface area contributed by atoms with Crippen molar-refractivity contribution in [3.05, 3.63) is 48.0 Å². The number of nitriles is 1. The standard InChI is InChI=1S/C19H23N3O4/c1-2-3-5-10-17(23)21-14-18(24)22-16(19(25)26-12-11-20)13-15-8-6-4-7-9-15/h2-4,6-9,16H,5,10,12-14H2,1H3,(H,21,23)(H,22,24)/b3-2+/t16-/m0/s1. The van der Waals surface area contributed by atoms with E-state index < -0.39 is 17.9 Å². The van der Waals surface area contributed by atoms with Gasteiger partial charge in [0.05, 0.1) is 6.54 Å². The second-order valence-electron chi connectivity index (χ2n) is 5.46. The van der Waals surface area contributed by atoms with Gasteiger partial charge in [0.1, 0.15) is 12.1 Å². The van der Waals surface area contributed by atoms with Gasteiger partial charge in [0.15, 0.2) is 6.61 Å². The topological polar surface area (TPSA) is 108 Å². The van der Waals surface area contributed by atoms with Crippen molar-refractivity contribution in [2.24, 2.45) is 0 Å². The maximum Gasteiger partial charge on any atom is 0.330 e. The molecule has 1 aromatic carbocycles. The molecule has 0 heterocycles. The number of ether oxygens (including phenoxy) is 1. The third-order valence-corrected chi connectivity index (χ3v) is 3.40. The van der Waals surface area contributed by atoms with Crippen molar-refractivity contribution in [1.82, 2.24) is 10.6 Å². The number of nitrogens with zero attached hydrogens (tertiary/aromatic N) is 1. The molecule has 1 rings (SSSR count). The lowest BCUT2D eigenvalue weighted by atomic mass is 10.1. The van der Waals surface area contributed by atoms with Crippen LogP contribution < -0.4 is 10.6 Å². The van der Waals surface area contributed by atoms with Crippen LogP contribution >= 0.6 is 0 Å². The maximum absolute atomic E-state index is 12.1. The molecule has 0 aliphatic heterocycles. The van der Waals surface area contributed by atoms with E-state index >= 15 is 0 Å². The quantitative estimate of drug-likeness (QED) is 0.484. The van der Waals surface area contributed by atoms with Crippen molar-refractivity contribution in [3.63, 3.8) is 0 Å². The monoisotopic (exact) mass is 357 g/mol. The van der Waals surface area contributed by atoms with Gasteiger partial charge in [-0.3, -0.25) is 9.59 Å². The molecule has 0 aliphatic carbocycles. The van der Waals surface area contributed by atoms with E-state index in [1.807, 2.05) is 49.4 Å². The fourth-order valence-corrected chi connectivity index (χ4v) is 2.14. The summed E-state index contributed by atoms with van der Waals surface area (Å²) in [6, 6.07) is 9.90. The van der Waals surface area contributed by atoms with Crippen LogP contribution in [-0.2, 0) is 25.5 Å². The molecule has 1 aromatic rings. The molecule has 1 atom stereocenters. The van der Waals surface area contributed by atoms with Crippen molar-refractivity contribution in [2.75, 3.05) is 13.2 Å². The summed E-state index contributed by atoms with van der Waals surface area (Å²) >= 11 is 0. The Labute approximate surface area is 153 Å². The van der Waals surface area contributed by atoms with E-state index in [2.05, 4.69) is 10.6 Å². The van der Waals surface area contributed by atoms with Crippen LogP contribution in [0.1, 0.15) is 25.3 Å². The molecule has 7 nitrogen and oxygen atoms in total. The van der Waals surface area contributed by atoms with Gasteiger partial charge in [-0.15, -0.1) is 0 Å². The van der Waals surface area contributed by atoms with Gasteiger partial charge in [-0.1, -0.05) is 42.5 Å². The largest absolute Gasteiger partial charge is 0.449 e. The molecule has 0 radical (unpaired) electrons. The number of amides is 2. The molecule has 0 saturated heterocycles. The molecule has 0 aliphatic rings. The van der Waals surface area contributed by atoms with E-state index in [4.69, 9.17) is 10.00 Å². The highest BCUT2D eigenvalue weighted by Crippen LogP contribution is 2.05. The lowest BCUT2D eigenvalue weighted by Crippen LogP contribution is -2.47. The van der Waals surface area contributed by atoms with Crippen LogP contribution in [0.2, 0.25) is 0 Å². The molecule has 0 spiro atoms. The summed E-state index contributed by atoms with van der Waals surface area (Å²) < 4.78 is 4.81. The average molecular weight is 357 g/mol. The molecular formula is C19H23N3O4. The van der Waals surface area contributed by atoms with Crippen LogP contribution in [0.5, 0.6) is 0 Å².